The quantitative estimate of drug-likeness (QED) is 0.295. The van der Waals surface area contributed by atoms with Crippen molar-refractivity contribution in [1.29, 1.82) is 5.26 Å². The lowest BCUT2D eigenvalue weighted by Gasteiger charge is -2.14. The average molecular weight is 452 g/mol. The Kier molecular flexibility index (Phi) is 7.41. The van der Waals surface area contributed by atoms with Crippen molar-refractivity contribution in [2.45, 2.75) is 19.9 Å². The number of hydrazone groups is 1. The Labute approximate surface area is 180 Å². The van der Waals surface area contributed by atoms with Gasteiger partial charge in [0.25, 0.3) is 5.56 Å². The van der Waals surface area contributed by atoms with Gasteiger partial charge in [0.1, 0.15) is 11.8 Å². The van der Waals surface area contributed by atoms with Gasteiger partial charge < -0.3 is 19.8 Å². The molecule has 10 nitrogen and oxygen atoms in total. The third-order valence-corrected chi connectivity index (χ3v) is 4.04. The van der Waals surface area contributed by atoms with Gasteiger partial charge in [-0.25, -0.2) is 9.59 Å². The smallest absolute Gasteiger partial charge is 0.412 e. The van der Waals surface area contributed by atoms with E-state index in [1.807, 2.05) is 13.8 Å². The second-order valence-corrected chi connectivity index (χ2v) is 6.78. The van der Waals surface area contributed by atoms with Crippen LogP contribution in [0, 0.1) is 11.3 Å². The maximum Gasteiger partial charge on any atom is 0.412 e. The normalized spacial score (nSPS) is 11.0. The Morgan fingerprint density at radius 3 is 2.43 bits per heavy atom. The van der Waals surface area contributed by atoms with Crippen molar-refractivity contribution in [3.63, 3.8) is 0 Å². The SMILES string of the molecule is CC(C)n1cc(Oc2c(Cl)cc(NN=C(C#N)C(=O)OC(N)=O)cc2Cl)ccc1=O. The van der Waals surface area contributed by atoms with Gasteiger partial charge in [-0.05, 0) is 32.0 Å². The van der Waals surface area contributed by atoms with E-state index in [0.717, 1.165) is 0 Å². The van der Waals surface area contributed by atoms with Crippen molar-refractivity contribution >= 4 is 46.7 Å². The second kappa shape index (κ2) is 9.78. The first-order chi connectivity index (χ1) is 14.1. The molecule has 0 atom stereocenters. The number of nitriles is 1. The number of rotatable bonds is 6. The van der Waals surface area contributed by atoms with E-state index in [0.29, 0.717) is 5.75 Å². The van der Waals surface area contributed by atoms with Crippen LogP contribution in [-0.4, -0.2) is 22.3 Å². The molecular weight excluding hydrogens is 437 g/mol. The Bertz CT molecular complexity index is 1100. The van der Waals surface area contributed by atoms with Crippen molar-refractivity contribution in [1.82, 2.24) is 4.57 Å². The molecule has 12 heteroatoms. The highest BCUT2D eigenvalue weighted by atomic mass is 35.5. The molecule has 0 bridgehead atoms. The fraction of sp³-hybridized carbons (Fsp3) is 0.167. The molecule has 156 valence electrons. The summed E-state index contributed by atoms with van der Waals surface area (Å²) in [4.78, 5) is 33.9. The van der Waals surface area contributed by atoms with E-state index in [1.54, 1.807) is 0 Å². The number of nitrogens with two attached hydrogens (primary N) is 1. The van der Waals surface area contributed by atoms with Crippen LogP contribution in [0.1, 0.15) is 19.9 Å². The lowest BCUT2D eigenvalue weighted by molar-refractivity contribution is -0.129. The minimum atomic E-state index is -1.38. The molecule has 2 aromatic rings. The van der Waals surface area contributed by atoms with E-state index >= 15 is 0 Å². The number of nitrogens with one attached hydrogen (secondary N) is 1. The predicted octanol–water partition coefficient (Wildman–Crippen LogP) is 3.44. The van der Waals surface area contributed by atoms with Gasteiger partial charge in [0.15, 0.2) is 5.75 Å². The van der Waals surface area contributed by atoms with Crippen molar-refractivity contribution < 1.29 is 19.1 Å². The summed E-state index contributed by atoms with van der Waals surface area (Å²) in [5.74, 6) is -0.864. The average Bonchev–Trinajstić information content (AvgIpc) is 2.65. The van der Waals surface area contributed by atoms with Crippen LogP contribution < -0.4 is 21.5 Å². The second-order valence-electron chi connectivity index (χ2n) is 5.97. The molecule has 0 spiro atoms. The van der Waals surface area contributed by atoms with E-state index in [-0.39, 0.29) is 33.1 Å². The Balaban J connectivity index is 2.26. The minimum Gasteiger partial charge on any atom is -0.453 e. The van der Waals surface area contributed by atoms with Crippen molar-refractivity contribution in [3.05, 3.63) is 50.9 Å². The highest BCUT2D eigenvalue weighted by Crippen LogP contribution is 2.38. The molecule has 1 amide bonds. The summed E-state index contributed by atoms with van der Waals surface area (Å²) >= 11 is 12.4. The number of carbonyl (C=O) groups excluding carboxylic acids is 2. The standard InChI is InChI=1S/C18H15Cl2N5O5/c1-9(2)25-8-11(3-4-15(25)26)29-16-12(19)5-10(6-13(16)20)23-24-14(7-21)17(27)30-18(22)28/h3-6,8-9,23H,1-2H3,(H2,22,28). The lowest BCUT2D eigenvalue weighted by Crippen LogP contribution is -2.24. The molecule has 0 aliphatic rings. The first-order valence-corrected chi connectivity index (χ1v) is 9.02. The molecule has 1 heterocycles. The number of amides is 1. The molecule has 0 aliphatic carbocycles. The lowest BCUT2D eigenvalue weighted by atomic mass is 10.3. The van der Waals surface area contributed by atoms with Crippen LogP contribution in [0.4, 0.5) is 10.5 Å². The minimum absolute atomic E-state index is 0.0768. The van der Waals surface area contributed by atoms with Gasteiger partial charge in [0.05, 0.1) is 21.9 Å². The topological polar surface area (TPSA) is 149 Å². The maximum absolute atomic E-state index is 11.9. The summed E-state index contributed by atoms with van der Waals surface area (Å²) in [5.41, 5.74) is 6.38. The summed E-state index contributed by atoms with van der Waals surface area (Å²) in [5, 5.41) is 12.6. The van der Waals surface area contributed by atoms with Crippen molar-refractivity contribution in [2.75, 3.05) is 5.43 Å². The van der Waals surface area contributed by atoms with Crippen LogP contribution in [0.2, 0.25) is 10.0 Å². The van der Waals surface area contributed by atoms with E-state index in [4.69, 9.17) is 38.9 Å². The Hall–Kier alpha value is -3.55. The van der Waals surface area contributed by atoms with E-state index < -0.39 is 17.8 Å². The summed E-state index contributed by atoms with van der Waals surface area (Å²) in [7, 11) is 0. The van der Waals surface area contributed by atoms with E-state index in [2.05, 4.69) is 15.3 Å². The summed E-state index contributed by atoms with van der Waals surface area (Å²) in [6.45, 7) is 3.70. The van der Waals surface area contributed by atoms with Crippen LogP contribution >= 0.6 is 23.2 Å². The highest BCUT2D eigenvalue weighted by molar-refractivity contribution is 6.44. The molecule has 0 aliphatic heterocycles. The number of nitrogens with zero attached hydrogens (tertiary/aromatic N) is 3. The van der Waals surface area contributed by atoms with Gasteiger partial charge in [-0.15, -0.1) is 0 Å². The predicted molar refractivity (Wildman–Crippen MR) is 110 cm³/mol. The number of esters is 1. The molecule has 3 N–H and O–H groups in total. The van der Waals surface area contributed by atoms with Crippen LogP contribution in [0.5, 0.6) is 11.5 Å². The fourth-order valence-corrected chi connectivity index (χ4v) is 2.73. The molecule has 30 heavy (non-hydrogen) atoms. The number of pyridine rings is 1. The van der Waals surface area contributed by atoms with Gasteiger partial charge >= 0.3 is 12.1 Å². The summed E-state index contributed by atoms with van der Waals surface area (Å²) in [6.07, 6.45) is 0.152. The number of benzene rings is 1. The zero-order chi connectivity index (χ0) is 22.4. The number of carbonyl (C=O) groups is 2. The van der Waals surface area contributed by atoms with Gasteiger partial charge in [-0.1, -0.05) is 23.2 Å². The van der Waals surface area contributed by atoms with Crippen LogP contribution in [-0.2, 0) is 9.53 Å². The largest absolute Gasteiger partial charge is 0.453 e. The zero-order valence-electron chi connectivity index (χ0n) is 15.7. The van der Waals surface area contributed by atoms with Gasteiger partial charge in [0.2, 0.25) is 5.71 Å². The number of ether oxygens (including phenoxy) is 2. The summed E-state index contributed by atoms with van der Waals surface area (Å²) in [6, 6.07) is 6.97. The van der Waals surface area contributed by atoms with Crippen LogP contribution in [0.3, 0.4) is 0 Å². The number of primary amides is 1. The first-order valence-electron chi connectivity index (χ1n) is 8.27. The van der Waals surface area contributed by atoms with Crippen LogP contribution in [0.15, 0.2) is 40.4 Å². The molecule has 0 saturated heterocycles. The number of aromatic nitrogens is 1. The number of hydrogen-bond acceptors (Lipinski definition) is 8. The molecule has 0 fully saturated rings. The first kappa shape index (κ1) is 22.7. The van der Waals surface area contributed by atoms with Crippen LogP contribution in [0.25, 0.3) is 0 Å². The molecule has 0 radical (unpaired) electrons. The summed E-state index contributed by atoms with van der Waals surface area (Å²) < 4.78 is 11.3. The molecular formula is C18H15Cl2N5O5. The van der Waals surface area contributed by atoms with E-state index in [1.165, 1.54) is 41.1 Å². The Morgan fingerprint density at radius 1 is 1.27 bits per heavy atom. The zero-order valence-corrected chi connectivity index (χ0v) is 17.2. The van der Waals surface area contributed by atoms with Gasteiger partial charge in [0, 0.05) is 12.1 Å². The fourth-order valence-electron chi connectivity index (χ4n) is 2.16. The van der Waals surface area contributed by atoms with E-state index in [9.17, 15) is 14.4 Å². The highest BCUT2D eigenvalue weighted by Gasteiger charge is 2.16. The van der Waals surface area contributed by atoms with Gasteiger partial charge in [-0.3, -0.25) is 10.2 Å². The van der Waals surface area contributed by atoms with Crippen molar-refractivity contribution in [3.8, 4) is 17.6 Å². The number of halogens is 2. The van der Waals surface area contributed by atoms with Crippen molar-refractivity contribution in [2.24, 2.45) is 10.8 Å². The molecule has 0 unspecified atom stereocenters. The number of hydrogen-bond donors (Lipinski definition) is 2. The third-order valence-electron chi connectivity index (χ3n) is 3.47. The molecule has 1 aromatic heterocycles. The monoisotopic (exact) mass is 451 g/mol. The van der Waals surface area contributed by atoms with Gasteiger partial charge in [-0.2, -0.15) is 10.4 Å². The number of anilines is 1. The Morgan fingerprint density at radius 2 is 1.90 bits per heavy atom. The third kappa shape index (κ3) is 5.73. The molecule has 1 aromatic carbocycles. The molecule has 2 rings (SSSR count). The molecule has 0 saturated carbocycles. The maximum atomic E-state index is 11.9.